The van der Waals surface area contributed by atoms with Gasteiger partial charge in [0.15, 0.2) is 0 Å². The van der Waals surface area contributed by atoms with E-state index in [4.69, 9.17) is 0 Å². The summed E-state index contributed by atoms with van der Waals surface area (Å²) in [5.41, 5.74) is -0.774. The normalized spacial score (nSPS) is 22.4. The van der Waals surface area contributed by atoms with Gasteiger partial charge in [0.05, 0.1) is 5.41 Å². The second-order valence-electron chi connectivity index (χ2n) is 5.55. The number of hydrogen-bond acceptors (Lipinski definition) is 2. The van der Waals surface area contributed by atoms with Crippen LogP contribution < -0.4 is 5.32 Å². The number of rotatable bonds is 6. The lowest BCUT2D eigenvalue weighted by Crippen LogP contribution is -2.36. The lowest BCUT2D eigenvalue weighted by Gasteiger charge is -2.22. The van der Waals surface area contributed by atoms with Crippen LogP contribution in [0.5, 0.6) is 0 Å². The summed E-state index contributed by atoms with van der Waals surface area (Å²) in [7, 11) is 0. The van der Waals surface area contributed by atoms with E-state index in [1.54, 1.807) is 0 Å². The molecule has 1 amide bonds. The van der Waals surface area contributed by atoms with Crippen LogP contribution in [0.15, 0.2) is 0 Å². The van der Waals surface area contributed by atoms with Crippen molar-refractivity contribution in [2.45, 2.75) is 51.4 Å². The van der Waals surface area contributed by atoms with Gasteiger partial charge in [0.1, 0.15) is 0 Å². The fraction of sp³-hybridized carbons (Fsp3) is 0.846. The third kappa shape index (κ3) is 3.20. The molecule has 96 valence electrons. The maximum atomic E-state index is 11.7. The van der Waals surface area contributed by atoms with Gasteiger partial charge in [-0.15, -0.1) is 0 Å². The molecule has 0 aromatic rings. The van der Waals surface area contributed by atoms with Gasteiger partial charge in [-0.3, -0.25) is 9.59 Å². The van der Waals surface area contributed by atoms with E-state index in [2.05, 4.69) is 5.32 Å². The molecule has 0 bridgehead atoms. The molecule has 2 N–H and O–H groups in total. The molecule has 0 aromatic carbocycles. The molecule has 0 saturated heterocycles. The molecule has 2 rings (SSSR count). The first-order valence-corrected chi connectivity index (χ1v) is 6.62. The van der Waals surface area contributed by atoms with Crippen LogP contribution in [0.2, 0.25) is 0 Å². The Labute approximate surface area is 102 Å². The summed E-state index contributed by atoms with van der Waals surface area (Å²) in [5.74, 6) is -0.0856. The molecule has 0 radical (unpaired) electrons. The predicted molar refractivity (Wildman–Crippen MR) is 63.5 cm³/mol. The van der Waals surface area contributed by atoms with E-state index in [0.29, 0.717) is 19.4 Å². The van der Waals surface area contributed by atoms with Gasteiger partial charge in [0, 0.05) is 13.0 Å². The number of carboxylic acid groups (broad SMARTS) is 1. The molecule has 0 atom stereocenters. The summed E-state index contributed by atoms with van der Waals surface area (Å²) in [6.07, 6.45) is 6.95. The minimum absolute atomic E-state index is 0.0880. The number of carboxylic acids is 1. The zero-order chi connectivity index (χ0) is 12.3. The summed E-state index contributed by atoms with van der Waals surface area (Å²) in [4.78, 5) is 23.0. The molecule has 4 nitrogen and oxygen atoms in total. The van der Waals surface area contributed by atoms with Crippen molar-refractivity contribution < 1.29 is 14.7 Å². The van der Waals surface area contributed by atoms with E-state index in [1.807, 2.05) is 0 Å². The maximum absolute atomic E-state index is 11.7. The Morgan fingerprint density at radius 3 is 2.41 bits per heavy atom. The second kappa shape index (κ2) is 5.07. The number of carbonyl (C=O) groups excluding carboxylic acids is 1. The Morgan fingerprint density at radius 2 is 1.88 bits per heavy atom. The highest BCUT2D eigenvalue weighted by Crippen LogP contribution is 2.41. The fourth-order valence-corrected chi connectivity index (χ4v) is 2.71. The molecule has 2 aliphatic carbocycles. The molecule has 2 fully saturated rings. The van der Waals surface area contributed by atoms with E-state index in [9.17, 15) is 14.7 Å². The van der Waals surface area contributed by atoms with Gasteiger partial charge < -0.3 is 10.4 Å². The Hall–Kier alpha value is -1.06. The SMILES string of the molecule is O=C(CC1(C(=O)O)CCCC1)NCCC1CC1. The van der Waals surface area contributed by atoms with E-state index in [-0.39, 0.29) is 12.3 Å². The van der Waals surface area contributed by atoms with Crippen molar-refractivity contribution in [1.82, 2.24) is 5.32 Å². The molecule has 0 aromatic heterocycles. The van der Waals surface area contributed by atoms with Gasteiger partial charge in [0.25, 0.3) is 0 Å². The van der Waals surface area contributed by atoms with E-state index in [0.717, 1.165) is 25.2 Å². The quantitative estimate of drug-likeness (QED) is 0.744. The summed E-state index contributed by atoms with van der Waals surface area (Å²) in [6, 6.07) is 0. The molecule has 2 aliphatic rings. The Bertz CT molecular complexity index is 304. The highest BCUT2D eigenvalue weighted by molar-refractivity contribution is 5.85. The van der Waals surface area contributed by atoms with Crippen LogP contribution >= 0.6 is 0 Å². The molecule has 4 heteroatoms. The molecule has 0 heterocycles. The average molecular weight is 239 g/mol. The van der Waals surface area contributed by atoms with Crippen LogP contribution in [-0.2, 0) is 9.59 Å². The number of carbonyl (C=O) groups is 2. The molecule has 0 spiro atoms. The molecule has 2 saturated carbocycles. The Kier molecular flexibility index (Phi) is 3.69. The van der Waals surface area contributed by atoms with Crippen LogP contribution in [0, 0.1) is 11.3 Å². The van der Waals surface area contributed by atoms with Gasteiger partial charge in [-0.2, -0.15) is 0 Å². The summed E-state index contributed by atoms with van der Waals surface area (Å²) in [6.45, 7) is 0.708. The standard InChI is InChI=1S/C13H21NO3/c15-11(14-8-5-10-3-4-10)9-13(12(16)17)6-1-2-7-13/h10H,1-9H2,(H,14,15)(H,16,17). The molecular formula is C13H21NO3. The van der Waals surface area contributed by atoms with Crippen molar-refractivity contribution >= 4 is 11.9 Å². The van der Waals surface area contributed by atoms with Crippen molar-refractivity contribution in [3.63, 3.8) is 0 Å². The maximum Gasteiger partial charge on any atom is 0.310 e. The zero-order valence-electron chi connectivity index (χ0n) is 10.2. The van der Waals surface area contributed by atoms with E-state index < -0.39 is 11.4 Å². The van der Waals surface area contributed by atoms with Gasteiger partial charge >= 0.3 is 5.97 Å². The summed E-state index contributed by atoms with van der Waals surface area (Å²) in [5, 5.41) is 12.1. The molecule has 17 heavy (non-hydrogen) atoms. The van der Waals surface area contributed by atoms with Crippen molar-refractivity contribution in [1.29, 1.82) is 0 Å². The van der Waals surface area contributed by atoms with Crippen LogP contribution in [0.1, 0.15) is 51.4 Å². The molecule has 0 unspecified atom stereocenters. The fourth-order valence-electron chi connectivity index (χ4n) is 2.71. The van der Waals surface area contributed by atoms with Crippen LogP contribution in [0.25, 0.3) is 0 Å². The topological polar surface area (TPSA) is 66.4 Å². The van der Waals surface area contributed by atoms with Gasteiger partial charge in [-0.05, 0) is 25.2 Å². The highest BCUT2D eigenvalue weighted by Gasteiger charge is 2.42. The van der Waals surface area contributed by atoms with Crippen LogP contribution in [0.4, 0.5) is 0 Å². The smallest absolute Gasteiger partial charge is 0.310 e. The number of hydrogen-bond donors (Lipinski definition) is 2. The molecule has 0 aliphatic heterocycles. The van der Waals surface area contributed by atoms with Gasteiger partial charge in [-0.1, -0.05) is 25.7 Å². The highest BCUT2D eigenvalue weighted by atomic mass is 16.4. The first-order chi connectivity index (χ1) is 8.12. The van der Waals surface area contributed by atoms with E-state index in [1.165, 1.54) is 12.8 Å². The molecular weight excluding hydrogens is 218 g/mol. The van der Waals surface area contributed by atoms with Crippen molar-refractivity contribution in [3.05, 3.63) is 0 Å². The number of amides is 1. The zero-order valence-corrected chi connectivity index (χ0v) is 10.2. The number of aliphatic carboxylic acids is 1. The first-order valence-electron chi connectivity index (χ1n) is 6.62. The predicted octanol–water partition coefficient (Wildman–Crippen LogP) is 1.94. The Morgan fingerprint density at radius 1 is 1.24 bits per heavy atom. The summed E-state index contributed by atoms with van der Waals surface area (Å²) < 4.78 is 0. The minimum Gasteiger partial charge on any atom is -0.481 e. The monoisotopic (exact) mass is 239 g/mol. The van der Waals surface area contributed by atoms with Crippen molar-refractivity contribution in [2.24, 2.45) is 11.3 Å². The van der Waals surface area contributed by atoms with Crippen LogP contribution in [-0.4, -0.2) is 23.5 Å². The summed E-state index contributed by atoms with van der Waals surface area (Å²) >= 11 is 0. The lowest BCUT2D eigenvalue weighted by molar-refractivity contribution is -0.151. The third-order valence-corrected chi connectivity index (χ3v) is 4.08. The van der Waals surface area contributed by atoms with Crippen LogP contribution in [0.3, 0.4) is 0 Å². The largest absolute Gasteiger partial charge is 0.481 e. The van der Waals surface area contributed by atoms with Crippen molar-refractivity contribution in [3.8, 4) is 0 Å². The third-order valence-electron chi connectivity index (χ3n) is 4.08. The number of nitrogens with one attached hydrogen (secondary N) is 1. The van der Waals surface area contributed by atoms with Crippen molar-refractivity contribution in [2.75, 3.05) is 6.54 Å². The minimum atomic E-state index is -0.799. The lowest BCUT2D eigenvalue weighted by atomic mass is 9.82. The second-order valence-corrected chi connectivity index (χ2v) is 5.55. The van der Waals surface area contributed by atoms with E-state index >= 15 is 0 Å². The van der Waals surface area contributed by atoms with Gasteiger partial charge in [-0.25, -0.2) is 0 Å². The van der Waals surface area contributed by atoms with Gasteiger partial charge in [0.2, 0.25) is 5.91 Å². The average Bonchev–Trinajstić information content (AvgIpc) is 2.96. The Balaban J connectivity index is 1.76. The first kappa shape index (κ1) is 12.4.